The lowest BCUT2D eigenvalue weighted by Gasteiger charge is -2.06. The van der Waals surface area contributed by atoms with E-state index in [0.717, 1.165) is 33.6 Å². The molecule has 0 aliphatic rings. The molecule has 2 N–H and O–H groups in total. The third kappa shape index (κ3) is 3.78. The van der Waals surface area contributed by atoms with Crippen molar-refractivity contribution in [1.82, 2.24) is 15.0 Å². The van der Waals surface area contributed by atoms with Gasteiger partial charge >= 0.3 is 0 Å². The van der Waals surface area contributed by atoms with Crippen LogP contribution in [0, 0.1) is 6.92 Å². The fourth-order valence-corrected chi connectivity index (χ4v) is 3.30. The molecule has 118 valence electrons. The molecule has 0 aliphatic carbocycles. The minimum atomic E-state index is 0.530. The van der Waals surface area contributed by atoms with E-state index in [1.54, 1.807) is 17.5 Å². The molecule has 7 heteroatoms. The lowest BCUT2D eigenvalue weighted by Crippen LogP contribution is -1.97. The number of anilines is 3. The van der Waals surface area contributed by atoms with Gasteiger partial charge in [0.1, 0.15) is 0 Å². The van der Waals surface area contributed by atoms with Gasteiger partial charge in [0.2, 0.25) is 5.95 Å². The van der Waals surface area contributed by atoms with Crippen molar-refractivity contribution in [2.24, 2.45) is 0 Å². The highest BCUT2D eigenvalue weighted by molar-refractivity contribution is 7.19. The van der Waals surface area contributed by atoms with Gasteiger partial charge in [-0.2, -0.15) is 0 Å². The molecule has 3 rings (SSSR count). The highest BCUT2D eigenvalue weighted by Crippen LogP contribution is 2.32. The van der Waals surface area contributed by atoms with Gasteiger partial charge in [-0.05, 0) is 38.1 Å². The lowest BCUT2D eigenvalue weighted by molar-refractivity contribution is 1.15. The summed E-state index contributed by atoms with van der Waals surface area (Å²) in [5.41, 5.74) is 2.66. The van der Waals surface area contributed by atoms with Crippen molar-refractivity contribution < 1.29 is 0 Å². The molecule has 0 radical (unpaired) electrons. The van der Waals surface area contributed by atoms with Gasteiger partial charge in [0.15, 0.2) is 5.13 Å². The average Bonchev–Trinajstić information content (AvgIpc) is 2.89. The molecule has 2 heterocycles. The Kier molecular flexibility index (Phi) is 4.73. The van der Waals surface area contributed by atoms with Crippen molar-refractivity contribution in [2.45, 2.75) is 13.8 Å². The molecule has 0 saturated heterocycles. The van der Waals surface area contributed by atoms with Crippen molar-refractivity contribution in [3.05, 3.63) is 47.2 Å². The van der Waals surface area contributed by atoms with Gasteiger partial charge in [0.05, 0.1) is 16.3 Å². The second kappa shape index (κ2) is 6.93. The molecule has 0 atom stereocenters. The Bertz CT molecular complexity index is 818. The van der Waals surface area contributed by atoms with E-state index in [-0.39, 0.29) is 0 Å². The first-order valence-electron chi connectivity index (χ1n) is 7.23. The molecule has 0 saturated carbocycles. The Morgan fingerprint density at radius 2 is 2.09 bits per heavy atom. The van der Waals surface area contributed by atoms with Gasteiger partial charge in [-0.25, -0.2) is 15.0 Å². The molecule has 2 aromatic heterocycles. The molecular weight excluding hydrogens is 330 g/mol. The van der Waals surface area contributed by atoms with Gasteiger partial charge in [0.25, 0.3) is 0 Å². The molecule has 0 spiro atoms. The highest BCUT2D eigenvalue weighted by atomic mass is 35.5. The van der Waals surface area contributed by atoms with Crippen LogP contribution < -0.4 is 10.6 Å². The number of thiazole rings is 1. The number of hydrogen-bond acceptors (Lipinski definition) is 6. The third-order valence-electron chi connectivity index (χ3n) is 3.09. The molecule has 0 unspecified atom stereocenters. The monoisotopic (exact) mass is 345 g/mol. The zero-order valence-corrected chi connectivity index (χ0v) is 14.4. The molecule has 23 heavy (non-hydrogen) atoms. The van der Waals surface area contributed by atoms with Crippen LogP contribution in [-0.2, 0) is 0 Å². The Hall–Kier alpha value is -2.18. The molecule has 3 aromatic rings. The first-order chi connectivity index (χ1) is 11.2. The fourth-order valence-electron chi connectivity index (χ4n) is 2.10. The number of hydrogen-bond donors (Lipinski definition) is 2. The number of rotatable bonds is 5. The molecule has 5 nitrogen and oxygen atoms in total. The first kappa shape index (κ1) is 15.7. The summed E-state index contributed by atoms with van der Waals surface area (Å²) in [5, 5.41) is 7.97. The van der Waals surface area contributed by atoms with Crippen LogP contribution in [0.5, 0.6) is 0 Å². The molecule has 0 bridgehead atoms. The maximum absolute atomic E-state index is 6.00. The van der Waals surface area contributed by atoms with Gasteiger partial charge < -0.3 is 10.6 Å². The Labute approximate surface area is 143 Å². The van der Waals surface area contributed by atoms with Crippen LogP contribution in [0.1, 0.15) is 12.6 Å². The van der Waals surface area contributed by atoms with Gasteiger partial charge in [-0.3, -0.25) is 0 Å². The Morgan fingerprint density at radius 1 is 1.22 bits per heavy atom. The maximum Gasteiger partial charge on any atom is 0.227 e. The number of aryl methyl sites for hydroxylation is 1. The quantitative estimate of drug-likeness (QED) is 0.699. The van der Waals surface area contributed by atoms with Crippen molar-refractivity contribution in [2.75, 3.05) is 17.2 Å². The number of aromatic nitrogens is 3. The molecular formula is C16H16ClN5S. The Balaban J connectivity index is 1.88. The van der Waals surface area contributed by atoms with Crippen molar-refractivity contribution in [3.8, 4) is 10.6 Å². The summed E-state index contributed by atoms with van der Waals surface area (Å²) in [6, 6.07) is 9.35. The van der Waals surface area contributed by atoms with Gasteiger partial charge in [-0.1, -0.05) is 29.0 Å². The standard InChI is InChI=1S/C16H16ClN5S/c1-3-18-16-20-10(2)14(23-16)13-7-8-19-15(22-13)21-12-6-4-5-11(17)9-12/h4-9H,3H2,1-2H3,(H,18,20)(H,19,21,22). The highest BCUT2D eigenvalue weighted by Gasteiger charge is 2.11. The number of nitrogens with one attached hydrogen (secondary N) is 2. The van der Waals surface area contributed by atoms with Crippen LogP contribution in [0.15, 0.2) is 36.5 Å². The van der Waals surface area contributed by atoms with E-state index < -0.39 is 0 Å². The van der Waals surface area contributed by atoms with Gasteiger partial charge in [-0.15, -0.1) is 0 Å². The second-order valence-electron chi connectivity index (χ2n) is 4.86. The lowest BCUT2D eigenvalue weighted by atomic mass is 10.3. The molecule has 1 aromatic carbocycles. The van der Waals surface area contributed by atoms with Crippen LogP contribution >= 0.6 is 22.9 Å². The molecule has 0 fully saturated rings. The predicted octanol–water partition coefficient (Wildman–Crippen LogP) is 4.74. The largest absolute Gasteiger partial charge is 0.362 e. The summed E-state index contributed by atoms with van der Waals surface area (Å²) in [4.78, 5) is 14.4. The van der Waals surface area contributed by atoms with Crippen LogP contribution in [0.2, 0.25) is 5.02 Å². The number of nitrogens with zero attached hydrogens (tertiary/aromatic N) is 3. The number of benzene rings is 1. The predicted molar refractivity (Wildman–Crippen MR) is 96.8 cm³/mol. The van der Waals surface area contributed by atoms with E-state index in [1.165, 1.54) is 0 Å². The van der Waals surface area contributed by atoms with Crippen molar-refractivity contribution in [3.63, 3.8) is 0 Å². The summed E-state index contributed by atoms with van der Waals surface area (Å²) in [6.07, 6.45) is 1.74. The first-order valence-corrected chi connectivity index (χ1v) is 8.42. The molecule has 0 aliphatic heterocycles. The van der Waals surface area contributed by atoms with E-state index in [4.69, 9.17) is 11.6 Å². The zero-order chi connectivity index (χ0) is 16.2. The minimum absolute atomic E-state index is 0.530. The van der Waals surface area contributed by atoms with Crippen LogP contribution in [-0.4, -0.2) is 21.5 Å². The smallest absolute Gasteiger partial charge is 0.227 e. The van der Waals surface area contributed by atoms with Crippen LogP contribution in [0.4, 0.5) is 16.8 Å². The maximum atomic E-state index is 6.00. The zero-order valence-electron chi connectivity index (χ0n) is 12.8. The second-order valence-corrected chi connectivity index (χ2v) is 6.30. The normalized spacial score (nSPS) is 10.6. The summed E-state index contributed by atoms with van der Waals surface area (Å²) in [6.45, 7) is 4.88. The van der Waals surface area contributed by atoms with Crippen molar-refractivity contribution in [1.29, 1.82) is 0 Å². The van der Waals surface area contributed by atoms with Crippen molar-refractivity contribution >= 4 is 39.7 Å². The van der Waals surface area contributed by atoms with E-state index >= 15 is 0 Å². The fraction of sp³-hybridized carbons (Fsp3) is 0.188. The summed E-state index contributed by atoms with van der Waals surface area (Å²) in [5.74, 6) is 0.530. The van der Waals surface area contributed by atoms with E-state index in [1.807, 2.05) is 44.2 Å². The number of halogens is 1. The van der Waals surface area contributed by atoms with E-state index in [2.05, 4.69) is 25.6 Å². The topological polar surface area (TPSA) is 62.7 Å². The van der Waals surface area contributed by atoms with Crippen LogP contribution in [0.3, 0.4) is 0 Å². The minimum Gasteiger partial charge on any atom is -0.362 e. The summed E-state index contributed by atoms with van der Waals surface area (Å²) < 4.78 is 0. The van der Waals surface area contributed by atoms with E-state index in [9.17, 15) is 0 Å². The third-order valence-corrected chi connectivity index (χ3v) is 4.47. The molecule has 0 amide bonds. The SMILES string of the molecule is CCNc1nc(C)c(-c2ccnc(Nc3cccc(Cl)c3)n2)s1. The van der Waals surface area contributed by atoms with Gasteiger partial charge in [0, 0.05) is 23.5 Å². The Morgan fingerprint density at radius 3 is 2.87 bits per heavy atom. The van der Waals surface area contributed by atoms with Crippen LogP contribution in [0.25, 0.3) is 10.6 Å². The summed E-state index contributed by atoms with van der Waals surface area (Å²) in [7, 11) is 0. The summed E-state index contributed by atoms with van der Waals surface area (Å²) >= 11 is 7.59. The van der Waals surface area contributed by atoms with E-state index in [0.29, 0.717) is 11.0 Å². The average molecular weight is 346 g/mol.